The fraction of sp³-hybridized carbons (Fsp3) is 0.500. The number of esters is 1. The number of carbonyl (C=O) groups is 1. The first kappa shape index (κ1) is 22.4. The van der Waals surface area contributed by atoms with Gasteiger partial charge in [0.05, 0.1) is 12.7 Å². The molecule has 3 aliphatic rings. The molecule has 0 bridgehead atoms. The fourth-order valence-corrected chi connectivity index (χ4v) is 6.49. The first-order valence-electron chi connectivity index (χ1n) is 11.4. The quantitative estimate of drug-likeness (QED) is 0.515. The van der Waals surface area contributed by atoms with Crippen LogP contribution in [0.15, 0.2) is 18.2 Å². The van der Waals surface area contributed by atoms with Crippen molar-refractivity contribution in [3.8, 4) is 11.5 Å². The zero-order chi connectivity index (χ0) is 22.9. The van der Waals surface area contributed by atoms with E-state index in [1.807, 2.05) is 6.07 Å². The summed E-state index contributed by atoms with van der Waals surface area (Å²) < 4.78 is 16.0. The van der Waals surface area contributed by atoms with Crippen molar-refractivity contribution in [2.45, 2.75) is 32.7 Å². The maximum absolute atomic E-state index is 12.6. The minimum atomic E-state index is -0.277. The Labute approximate surface area is 203 Å². The molecule has 3 heterocycles. The Morgan fingerprint density at radius 3 is 2.82 bits per heavy atom. The van der Waals surface area contributed by atoms with E-state index in [9.17, 15) is 4.79 Å². The van der Waals surface area contributed by atoms with Gasteiger partial charge in [0.15, 0.2) is 16.6 Å². The van der Waals surface area contributed by atoms with Crippen molar-refractivity contribution in [3.63, 3.8) is 0 Å². The van der Waals surface area contributed by atoms with E-state index in [1.54, 1.807) is 11.3 Å². The van der Waals surface area contributed by atoms with Gasteiger partial charge in [0.25, 0.3) is 0 Å². The fourth-order valence-electron chi connectivity index (χ4n) is 4.74. The highest BCUT2D eigenvalue weighted by Crippen LogP contribution is 2.40. The van der Waals surface area contributed by atoms with Crippen LogP contribution in [0.5, 0.6) is 11.5 Å². The number of ether oxygens (including phenoxy) is 3. The van der Waals surface area contributed by atoms with E-state index < -0.39 is 0 Å². The zero-order valence-corrected chi connectivity index (χ0v) is 20.7. The van der Waals surface area contributed by atoms with Crippen LogP contribution in [-0.2, 0) is 24.1 Å². The molecule has 2 aromatic rings. The third-order valence-corrected chi connectivity index (χ3v) is 8.15. The number of hydrogen-bond donors (Lipinski definition) is 1. The number of piperazine rings is 1. The summed E-state index contributed by atoms with van der Waals surface area (Å²) >= 11 is 7.40. The van der Waals surface area contributed by atoms with Crippen LogP contribution < -0.4 is 14.8 Å². The van der Waals surface area contributed by atoms with E-state index in [2.05, 4.69) is 34.2 Å². The number of fused-ring (bicyclic) bond motifs is 2. The first-order chi connectivity index (χ1) is 16.0. The van der Waals surface area contributed by atoms with Gasteiger partial charge in [-0.3, -0.25) is 4.90 Å². The van der Waals surface area contributed by atoms with Gasteiger partial charge in [-0.25, -0.2) is 4.79 Å². The number of carbonyl (C=O) groups excluding carboxylic acids is 1. The van der Waals surface area contributed by atoms with Gasteiger partial charge in [-0.2, -0.15) is 0 Å². The second-order valence-electron chi connectivity index (χ2n) is 8.93. The van der Waals surface area contributed by atoms with E-state index in [1.165, 1.54) is 17.6 Å². The maximum Gasteiger partial charge on any atom is 0.341 e. The number of thiophene rings is 1. The summed E-state index contributed by atoms with van der Waals surface area (Å²) in [6.45, 7) is 6.94. The Morgan fingerprint density at radius 1 is 1.24 bits per heavy atom. The lowest BCUT2D eigenvalue weighted by molar-refractivity contribution is 0.0600. The minimum Gasteiger partial charge on any atom is -0.465 e. The van der Waals surface area contributed by atoms with E-state index in [0.29, 0.717) is 23.4 Å². The van der Waals surface area contributed by atoms with Crippen LogP contribution >= 0.6 is 23.6 Å². The van der Waals surface area contributed by atoms with Crippen LogP contribution in [-0.4, -0.2) is 61.0 Å². The molecule has 1 saturated heterocycles. The van der Waals surface area contributed by atoms with Gasteiger partial charge in [-0.15, -0.1) is 11.3 Å². The molecule has 0 saturated carbocycles. The van der Waals surface area contributed by atoms with Gasteiger partial charge in [-0.05, 0) is 60.7 Å². The lowest BCUT2D eigenvalue weighted by atomic mass is 9.88. The molecule has 0 radical (unpaired) electrons. The SMILES string of the molecule is COC(=O)c1c(NC(=S)N2CCN(Cc3ccc4c(c3)OCO4)CC2)sc2c1CCC(C)C2. The van der Waals surface area contributed by atoms with Crippen molar-refractivity contribution in [3.05, 3.63) is 39.8 Å². The number of anilines is 1. The molecule has 1 unspecified atom stereocenters. The predicted octanol–water partition coefficient (Wildman–Crippen LogP) is 3.90. The molecule has 1 N–H and O–H groups in total. The van der Waals surface area contributed by atoms with Gasteiger partial charge in [-0.1, -0.05) is 13.0 Å². The number of thiocarbonyl (C=S) groups is 1. The first-order valence-corrected chi connectivity index (χ1v) is 12.6. The van der Waals surface area contributed by atoms with Gasteiger partial charge < -0.3 is 24.4 Å². The third-order valence-electron chi connectivity index (χ3n) is 6.62. The lowest BCUT2D eigenvalue weighted by Gasteiger charge is -2.36. The van der Waals surface area contributed by atoms with Crippen LogP contribution in [0, 0.1) is 5.92 Å². The third kappa shape index (κ3) is 4.67. The number of benzene rings is 1. The number of rotatable bonds is 4. The summed E-state index contributed by atoms with van der Waals surface area (Å²) in [6.07, 6.45) is 3.03. The highest BCUT2D eigenvalue weighted by molar-refractivity contribution is 7.80. The summed E-state index contributed by atoms with van der Waals surface area (Å²) in [5, 5.41) is 4.89. The molecule has 2 aliphatic heterocycles. The molecule has 1 aromatic heterocycles. The molecule has 33 heavy (non-hydrogen) atoms. The van der Waals surface area contributed by atoms with Gasteiger partial charge in [0.2, 0.25) is 6.79 Å². The standard InChI is InChI=1S/C24H29N3O4S2/c1-15-3-5-17-20(11-15)33-22(21(17)23(28)29-2)25-24(32)27-9-7-26(8-10-27)13-16-4-6-18-19(12-16)31-14-30-18/h4,6,12,15H,3,5,7-11,13-14H2,1-2H3,(H,25,32). The summed E-state index contributed by atoms with van der Waals surface area (Å²) in [5.74, 6) is 2.00. The smallest absolute Gasteiger partial charge is 0.341 e. The largest absolute Gasteiger partial charge is 0.465 e. The molecule has 176 valence electrons. The summed E-state index contributed by atoms with van der Waals surface area (Å²) in [4.78, 5) is 18.4. The Hall–Kier alpha value is -2.36. The van der Waals surface area contributed by atoms with Crippen molar-refractivity contribution in [1.29, 1.82) is 0 Å². The zero-order valence-electron chi connectivity index (χ0n) is 19.0. The van der Waals surface area contributed by atoms with Crippen LogP contribution in [0.2, 0.25) is 0 Å². The Kier molecular flexibility index (Phi) is 6.44. The number of hydrogen-bond acceptors (Lipinski definition) is 7. The lowest BCUT2D eigenvalue weighted by Crippen LogP contribution is -2.49. The van der Waals surface area contributed by atoms with E-state index in [4.69, 9.17) is 26.4 Å². The molecule has 0 amide bonds. The number of nitrogens with one attached hydrogen (secondary N) is 1. The molecule has 1 aliphatic carbocycles. The summed E-state index contributed by atoms with van der Waals surface area (Å²) in [5.41, 5.74) is 3.03. The number of nitrogens with zero attached hydrogens (tertiary/aromatic N) is 2. The second kappa shape index (κ2) is 9.48. The molecular formula is C24H29N3O4S2. The summed E-state index contributed by atoms with van der Waals surface area (Å²) in [6, 6.07) is 6.14. The highest BCUT2D eigenvalue weighted by Gasteiger charge is 2.29. The average molecular weight is 488 g/mol. The number of methoxy groups -OCH3 is 1. The Bertz CT molecular complexity index is 1060. The molecule has 1 aromatic carbocycles. The Balaban J connectivity index is 1.21. The highest BCUT2D eigenvalue weighted by atomic mass is 32.1. The second-order valence-corrected chi connectivity index (χ2v) is 10.4. The van der Waals surface area contributed by atoms with Crippen LogP contribution in [0.1, 0.15) is 39.7 Å². The van der Waals surface area contributed by atoms with Crippen molar-refractivity contribution in [2.24, 2.45) is 5.92 Å². The average Bonchev–Trinajstić information content (AvgIpc) is 3.42. The molecule has 5 rings (SSSR count). The van der Waals surface area contributed by atoms with Crippen LogP contribution in [0.3, 0.4) is 0 Å². The van der Waals surface area contributed by atoms with Crippen molar-refractivity contribution < 1.29 is 19.0 Å². The van der Waals surface area contributed by atoms with Gasteiger partial charge >= 0.3 is 5.97 Å². The molecule has 7 nitrogen and oxygen atoms in total. The van der Waals surface area contributed by atoms with Gasteiger partial charge in [0, 0.05) is 37.6 Å². The van der Waals surface area contributed by atoms with Crippen molar-refractivity contribution in [2.75, 3.05) is 45.4 Å². The van der Waals surface area contributed by atoms with Crippen LogP contribution in [0.4, 0.5) is 5.00 Å². The Morgan fingerprint density at radius 2 is 2.03 bits per heavy atom. The molecule has 1 atom stereocenters. The summed E-state index contributed by atoms with van der Waals surface area (Å²) in [7, 11) is 1.44. The van der Waals surface area contributed by atoms with Crippen molar-refractivity contribution in [1.82, 2.24) is 9.80 Å². The van der Waals surface area contributed by atoms with Gasteiger partial charge in [0.1, 0.15) is 5.00 Å². The van der Waals surface area contributed by atoms with E-state index >= 15 is 0 Å². The van der Waals surface area contributed by atoms with E-state index in [-0.39, 0.29) is 5.97 Å². The predicted molar refractivity (Wildman–Crippen MR) is 132 cm³/mol. The molecular weight excluding hydrogens is 458 g/mol. The molecule has 1 fully saturated rings. The maximum atomic E-state index is 12.6. The normalized spacial score (nSPS) is 19.8. The van der Waals surface area contributed by atoms with Crippen LogP contribution in [0.25, 0.3) is 0 Å². The molecule has 9 heteroatoms. The molecule has 0 spiro atoms. The monoisotopic (exact) mass is 487 g/mol. The minimum absolute atomic E-state index is 0.277. The topological polar surface area (TPSA) is 63.3 Å². The van der Waals surface area contributed by atoms with E-state index in [0.717, 1.165) is 74.0 Å². The van der Waals surface area contributed by atoms with Crippen molar-refractivity contribution >= 4 is 39.6 Å².